The van der Waals surface area contributed by atoms with Crippen LogP contribution in [0.15, 0.2) is 30.7 Å². The van der Waals surface area contributed by atoms with Crippen molar-refractivity contribution in [3.05, 3.63) is 30.7 Å². The normalized spacial score (nSPS) is 14.1. The topological polar surface area (TPSA) is 66.3 Å². The summed E-state index contributed by atoms with van der Waals surface area (Å²) in [5, 5.41) is 2.90. The van der Waals surface area contributed by atoms with Gasteiger partial charge in [0, 0.05) is 39.6 Å². The highest BCUT2D eigenvalue weighted by Gasteiger charge is 2.18. The molecule has 0 spiro atoms. The number of nitrogens with zero attached hydrogens (tertiary/aromatic N) is 5. The van der Waals surface area contributed by atoms with Gasteiger partial charge < -0.3 is 19.7 Å². The van der Waals surface area contributed by atoms with E-state index in [0.29, 0.717) is 5.69 Å². The third-order valence-corrected chi connectivity index (χ3v) is 3.83. The van der Waals surface area contributed by atoms with Gasteiger partial charge in [-0.15, -0.1) is 0 Å². The average Bonchev–Trinajstić information content (AvgIpc) is 3.20. The smallest absolute Gasteiger partial charge is 0.244 e. The number of rotatable bonds is 5. The Balaban J connectivity index is 1.76. The molecular formula is C16H22N6O. The molecule has 0 atom stereocenters. The molecule has 3 rings (SSSR count). The van der Waals surface area contributed by atoms with E-state index < -0.39 is 0 Å². The Labute approximate surface area is 135 Å². The second-order valence-electron chi connectivity index (χ2n) is 5.90. The van der Waals surface area contributed by atoms with Crippen LogP contribution in [-0.2, 0) is 11.3 Å². The van der Waals surface area contributed by atoms with E-state index in [2.05, 4.69) is 20.2 Å². The average molecular weight is 314 g/mol. The summed E-state index contributed by atoms with van der Waals surface area (Å²) in [6.07, 6.45) is 7.77. The lowest BCUT2D eigenvalue weighted by atomic mass is 10.4. The van der Waals surface area contributed by atoms with E-state index in [4.69, 9.17) is 0 Å². The fourth-order valence-corrected chi connectivity index (χ4v) is 2.69. The number of carbonyl (C=O) groups is 1. The highest BCUT2D eigenvalue weighted by molar-refractivity contribution is 5.93. The lowest BCUT2D eigenvalue weighted by Gasteiger charge is -2.21. The van der Waals surface area contributed by atoms with Crippen LogP contribution >= 0.6 is 0 Å². The van der Waals surface area contributed by atoms with Crippen LogP contribution in [-0.4, -0.2) is 47.6 Å². The van der Waals surface area contributed by atoms with Gasteiger partial charge in [0.1, 0.15) is 12.2 Å². The molecule has 2 aromatic rings. The minimum Gasteiger partial charge on any atom is -0.361 e. The van der Waals surface area contributed by atoms with Crippen molar-refractivity contribution in [1.82, 2.24) is 14.5 Å². The fourth-order valence-electron chi connectivity index (χ4n) is 2.69. The predicted octanol–water partition coefficient (Wildman–Crippen LogP) is 1.58. The van der Waals surface area contributed by atoms with Crippen LogP contribution in [0.25, 0.3) is 0 Å². The molecule has 0 aliphatic carbocycles. The summed E-state index contributed by atoms with van der Waals surface area (Å²) < 4.78 is 1.82. The first-order valence-electron chi connectivity index (χ1n) is 7.83. The molecule has 1 saturated heterocycles. The molecule has 0 aromatic carbocycles. The molecule has 0 saturated carbocycles. The van der Waals surface area contributed by atoms with E-state index >= 15 is 0 Å². The monoisotopic (exact) mass is 314 g/mol. The molecule has 1 fully saturated rings. The van der Waals surface area contributed by atoms with Gasteiger partial charge in [-0.05, 0) is 25.0 Å². The van der Waals surface area contributed by atoms with Crippen LogP contribution in [0.5, 0.6) is 0 Å². The maximum atomic E-state index is 12.2. The van der Waals surface area contributed by atoms with E-state index in [0.717, 1.165) is 24.9 Å². The first-order valence-corrected chi connectivity index (χ1v) is 7.83. The Morgan fingerprint density at radius 1 is 1.26 bits per heavy atom. The highest BCUT2D eigenvalue weighted by atomic mass is 16.1. The molecule has 1 N–H and O–H groups in total. The van der Waals surface area contributed by atoms with Gasteiger partial charge >= 0.3 is 0 Å². The summed E-state index contributed by atoms with van der Waals surface area (Å²) in [5.41, 5.74) is 0.634. The van der Waals surface area contributed by atoms with Gasteiger partial charge in [-0.3, -0.25) is 4.79 Å². The minimum absolute atomic E-state index is 0.0955. The van der Waals surface area contributed by atoms with E-state index in [1.807, 2.05) is 48.1 Å². The van der Waals surface area contributed by atoms with Crippen molar-refractivity contribution >= 4 is 23.4 Å². The number of anilines is 3. The number of nitrogens with one attached hydrogen (secondary N) is 1. The zero-order valence-corrected chi connectivity index (χ0v) is 13.6. The molecule has 0 unspecified atom stereocenters. The zero-order valence-electron chi connectivity index (χ0n) is 13.6. The summed E-state index contributed by atoms with van der Waals surface area (Å²) in [4.78, 5) is 25.3. The van der Waals surface area contributed by atoms with Crippen LogP contribution < -0.4 is 15.1 Å². The van der Waals surface area contributed by atoms with Crippen molar-refractivity contribution in [1.29, 1.82) is 0 Å². The number of carbonyl (C=O) groups excluding carboxylic acids is 1. The SMILES string of the molecule is CN(C)c1nc(N2CCCC2)ncc1NC(=O)Cn1cccc1. The largest absolute Gasteiger partial charge is 0.361 e. The van der Waals surface area contributed by atoms with Gasteiger partial charge in [0.2, 0.25) is 11.9 Å². The molecule has 7 heteroatoms. The third kappa shape index (κ3) is 3.61. The summed E-state index contributed by atoms with van der Waals surface area (Å²) in [6.45, 7) is 2.26. The first-order chi connectivity index (χ1) is 11.1. The first kappa shape index (κ1) is 15.3. The molecule has 0 radical (unpaired) electrons. The van der Waals surface area contributed by atoms with Gasteiger partial charge in [-0.2, -0.15) is 4.98 Å². The van der Waals surface area contributed by atoms with E-state index in [1.54, 1.807) is 6.20 Å². The Morgan fingerprint density at radius 2 is 1.96 bits per heavy atom. The molecule has 122 valence electrons. The number of aromatic nitrogens is 3. The lowest BCUT2D eigenvalue weighted by molar-refractivity contribution is -0.116. The van der Waals surface area contributed by atoms with Crippen LogP contribution in [0, 0.1) is 0 Å². The number of hydrogen-bond donors (Lipinski definition) is 1. The van der Waals surface area contributed by atoms with Gasteiger partial charge in [0.25, 0.3) is 0 Å². The highest BCUT2D eigenvalue weighted by Crippen LogP contribution is 2.25. The second kappa shape index (κ2) is 6.68. The Bertz CT molecular complexity index is 661. The summed E-state index contributed by atoms with van der Waals surface area (Å²) in [6, 6.07) is 3.79. The molecule has 7 nitrogen and oxygen atoms in total. The fraction of sp³-hybridized carbons (Fsp3) is 0.438. The quantitative estimate of drug-likeness (QED) is 0.908. The van der Waals surface area contributed by atoms with Crippen LogP contribution in [0.4, 0.5) is 17.5 Å². The van der Waals surface area contributed by atoms with Crippen LogP contribution in [0.3, 0.4) is 0 Å². The molecule has 2 aromatic heterocycles. The molecule has 1 amide bonds. The van der Waals surface area contributed by atoms with Crippen LogP contribution in [0.1, 0.15) is 12.8 Å². The third-order valence-electron chi connectivity index (χ3n) is 3.83. The van der Waals surface area contributed by atoms with Gasteiger partial charge in [-0.25, -0.2) is 4.98 Å². The second-order valence-corrected chi connectivity index (χ2v) is 5.90. The van der Waals surface area contributed by atoms with Crippen molar-refractivity contribution in [2.45, 2.75) is 19.4 Å². The predicted molar refractivity (Wildman–Crippen MR) is 90.9 cm³/mol. The molecular weight excluding hydrogens is 292 g/mol. The molecule has 0 bridgehead atoms. The van der Waals surface area contributed by atoms with Gasteiger partial charge in [0.05, 0.1) is 6.20 Å². The maximum absolute atomic E-state index is 12.2. The summed E-state index contributed by atoms with van der Waals surface area (Å²) >= 11 is 0. The summed E-state index contributed by atoms with van der Waals surface area (Å²) in [7, 11) is 3.83. The zero-order chi connectivity index (χ0) is 16.2. The van der Waals surface area contributed by atoms with Crippen molar-refractivity contribution in [3.63, 3.8) is 0 Å². The number of hydrogen-bond acceptors (Lipinski definition) is 5. The number of amides is 1. The Kier molecular flexibility index (Phi) is 4.45. The molecule has 1 aliphatic rings. The maximum Gasteiger partial charge on any atom is 0.244 e. The van der Waals surface area contributed by atoms with Crippen molar-refractivity contribution < 1.29 is 4.79 Å². The summed E-state index contributed by atoms with van der Waals surface area (Å²) in [5.74, 6) is 1.36. The standard InChI is InChI=1S/C16H22N6O/c1-20(2)15-13(18-14(23)12-21-7-3-4-8-21)11-17-16(19-15)22-9-5-6-10-22/h3-4,7-8,11H,5-6,9-10,12H2,1-2H3,(H,18,23). The van der Waals surface area contributed by atoms with Crippen molar-refractivity contribution in [2.24, 2.45) is 0 Å². The van der Waals surface area contributed by atoms with Gasteiger partial charge in [0.15, 0.2) is 5.82 Å². The minimum atomic E-state index is -0.0955. The molecule has 1 aliphatic heterocycles. The Hall–Kier alpha value is -2.57. The van der Waals surface area contributed by atoms with E-state index in [-0.39, 0.29) is 12.5 Å². The van der Waals surface area contributed by atoms with Gasteiger partial charge in [-0.1, -0.05) is 0 Å². The lowest BCUT2D eigenvalue weighted by Crippen LogP contribution is -2.24. The van der Waals surface area contributed by atoms with E-state index in [1.165, 1.54) is 12.8 Å². The van der Waals surface area contributed by atoms with Crippen LogP contribution in [0.2, 0.25) is 0 Å². The van der Waals surface area contributed by atoms with Crippen molar-refractivity contribution in [3.8, 4) is 0 Å². The van der Waals surface area contributed by atoms with Crippen molar-refractivity contribution in [2.75, 3.05) is 42.3 Å². The molecule has 3 heterocycles. The Morgan fingerprint density at radius 3 is 2.61 bits per heavy atom. The molecule has 23 heavy (non-hydrogen) atoms. The van der Waals surface area contributed by atoms with E-state index in [9.17, 15) is 4.79 Å².